The van der Waals surface area contributed by atoms with Crippen molar-refractivity contribution in [3.05, 3.63) is 68.6 Å². The Balaban J connectivity index is 1.64. The second-order valence-electron chi connectivity index (χ2n) is 4.37. The van der Waals surface area contributed by atoms with Gasteiger partial charge in [-0.1, -0.05) is 56.1 Å². The molecule has 19 heavy (non-hydrogen) atoms. The molecule has 0 atom stereocenters. The Labute approximate surface area is 136 Å². The first-order chi connectivity index (χ1) is 9.24. The summed E-state index contributed by atoms with van der Waals surface area (Å²) in [5.41, 5.74) is 2.83. The third-order valence-corrected chi connectivity index (χ3v) is 4.94. The van der Waals surface area contributed by atoms with Crippen molar-refractivity contribution in [2.45, 2.75) is 12.8 Å². The zero-order valence-electron chi connectivity index (χ0n) is 10.6. The standard InChI is InChI=1S/C16H16Br2S/c17-15-5-1-13(2-6-15)9-11-19-12-10-14-3-7-16(18)8-4-14/h1-8H,9-12H2. The molecule has 2 aromatic carbocycles. The molecule has 0 aliphatic rings. The van der Waals surface area contributed by atoms with Gasteiger partial charge in [-0.15, -0.1) is 0 Å². The predicted molar refractivity (Wildman–Crippen MR) is 93.0 cm³/mol. The highest BCUT2D eigenvalue weighted by molar-refractivity contribution is 9.10. The first-order valence-electron chi connectivity index (χ1n) is 6.31. The van der Waals surface area contributed by atoms with E-state index in [2.05, 4.69) is 80.4 Å². The average molecular weight is 400 g/mol. The smallest absolute Gasteiger partial charge is 0.0175 e. The van der Waals surface area contributed by atoms with Gasteiger partial charge in [-0.25, -0.2) is 0 Å². The Hall–Kier alpha value is -0.250. The topological polar surface area (TPSA) is 0 Å². The largest absolute Gasteiger partial charge is 0.161 e. The Morgan fingerprint density at radius 3 is 1.37 bits per heavy atom. The van der Waals surface area contributed by atoms with Gasteiger partial charge in [0, 0.05) is 8.95 Å². The maximum atomic E-state index is 3.46. The minimum Gasteiger partial charge on any atom is -0.161 e. The van der Waals surface area contributed by atoms with E-state index in [0.29, 0.717) is 0 Å². The van der Waals surface area contributed by atoms with Crippen molar-refractivity contribution < 1.29 is 0 Å². The number of benzene rings is 2. The van der Waals surface area contributed by atoms with Gasteiger partial charge in [-0.3, -0.25) is 0 Å². The Kier molecular flexibility index (Phi) is 6.48. The van der Waals surface area contributed by atoms with Crippen molar-refractivity contribution in [2.75, 3.05) is 11.5 Å². The minimum atomic E-state index is 1.15. The molecule has 0 saturated carbocycles. The summed E-state index contributed by atoms with van der Waals surface area (Å²) in [4.78, 5) is 0. The van der Waals surface area contributed by atoms with Crippen LogP contribution in [0.5, 0.6) is 0 Å². The van der Waals surface area contributed by atoms with Gasteiger partial charge in [-0.2, -0.15) is 11.8 Å². The Morgan fingerprint density at radius 2 is 1.00 bits per heavy atom. The van der Waals surface area contributed by atoms with Crippen LogP contribution in [0.3, 0.4) is 0 Å². The number of rotatable bonds is 6. The van der Waals surface area contributed by atoms with Gasteiger partial charge in [0.1, 0.15) is 0 Å². The number of aryl methyl sites for hydroxylation is 2. The van der Waals surface area contributed by atoms with E-state index in [1.165, 1.54) is 22.6 Å². The molecule has 3 heteroatoms. The van der Waals surface area contributed by atoms with Crippen molar-refractivity contribution in [3.63, 3.8) is 0 Å². The highest BCUT2D eigenvalue weighted by Crippen LogP contribution is 2.15. The van der Waals surface area contributed by atoms with Crippen LogP contribution in [0.2, 0.25) is 0 Å². The molecule has 2 aromatic rings. The fourth-order valence-corrected chi connectivity index (χ4v) is 3.28. The third-order valence-electron chi connectivity index (χ3n) is 2.90. The van der Waals surface area contributed by atoms with E-state index in [-0.39, 0.29) is 0 Å². The summed E-state index contributed by atoms with van der Waals surface area (Å²) < 4.78 is 2.30. The average Bonchev–Trinajstić information content (AvgIpc) is 2.43. The lowest BCUT2D eigenvalue weighted by Crippen LogP contribution is -1.93. The monoisotopic (exact) mass is 398 g/mol. The van der Waals surface area contributed by atoms with Gasteiger partial charge in [0.2, 0.25) is 0 Å². The zero-order chi connectivity index (χ0) is 13.5. The van der Waals surface area contributed by atoms with E-state index in [4.69, 9.17) is 0 Å². The zero-order valence-corrected chi connectivity index (χ0v) is 14.6. The SMILES string of the molecule is Brc1ccc(CCSCCc2ccc(Br)cc2)cc1. The van der Waals surface area contributed by atoms with E-state index in [9.17, 15) is 0 Å². The lowest BCUT2D eigenvalue weighted by molar-refractivity contribution is 1.12. The van der Waals surface area contributed by atoms with Crippen molar-refractivity contribution in [3.8, 4) is 0 Å². The lowest BCUT2D eigenvalue weighted by Gasteiger charge is -2.03. The van der Waals surface area contributed by atoms with Crippen molar-refractivity contribution in [2.24, 2.45) is 0 Å². The van der Waals surface area contributed by atoms with Crippen LogP contribution < -0.4 is 0 Å². The first-order valence-corrected chi connectivity index (χ1v) is 9.05. The molecule has 0 saturated heterocycles. The van der Waals surface area contributed by atoms with Crippen molar-refractivity contribution >= 4 is 43.6 Å². The summed E-state index contributed by atoms with van der Waals surface area (Å²) in [5.74, 6) is 2.39. The van der Waals surface area contributed by atoms with Gasteiger partial charge >= 0.3 is 0 Å². The molecule has 0 nitrogen and oxygen atoms in total. The number of thioether (sulfide) groups is 1. The van der Waals surface area contributed by atoms with Crippen LogP contribution in [0, 0.1) is 0 Å². The quantitative estimate of drug-likeness (QED) is 0.559. The summed E-state index contributed by atoms with van der Waals surface area (Å²) in [7, 11) is 0. The van der Waals surface area contributed by atoms with E-state index in [1.807, 2.05) is 11.8 Å². The molecule has 0 radical (unpaired) electrons. The summed E-state index contributed by atoms with van der Waals surface area (Å²) >= 11 is 8.95. The molecule has 0 bridgehead atoms. The molecule has 0 amide bonds. The summed E-state index contributed by atoms with van der Waals surface area (Å²) in [6.07, 6.45) is 2.30. The van der Waals surface area contributed by atoms with Crippen LogP contribution >= 0.6 is 43.6 Å². The second-order valence-corrected chi connectivity index (χ2v) is 7.42. The predicted octanol–water partition coefficient (Wildman–Crippen LogP) is 5.73. The summed E-state index contributed by atoms with van der Waals surface area (Å²) in [5, 5.41) is 0. The van der Waals surface area contributed by atoms with Gasteiger partial charge in [-0.05, 0) is 59.7 Å². The van der Waals surface area contributed by atoms with Crippen LogP contribution in [-0.4, -0.2) is 11.5 Å². The molecule has 2 rings (SSSR count). The number of hydrogen-bond donors (Lipinski definition) is 0. The highest BCUT2D eigenvalue weighted by atomic mass is 79.9. The van der Waals surface area contributed by atoms with Gasteiger partial charge in [0.15, 0.2) is 0 Å². The van der Waals surface area contributed by atoms with E-state index in [1.54, 1.807) is 0 Å². The van der Waals surface area contributed by atoms with E-state index < -0.39 is 0 Å². The summed E-state index contributed by atoms with van der Waals surface area (Å²) in [6, 6.07) is 17.2. The molecule has 0 aromatic heterocycles. The molecule has 0 aliphatic heterocycles. The Bertz CT molecular complexity index is 444. The third kappa shape index (κ3) is 5.72. The fourth-order valence-electron chi connectivity index (χ4n) is 1.78. The molecule has 0 aliphatic carbocycles. The molecule has 0 fully saturated rings. The molecule has 0 N–H and O–H groups in total. The van der Waals surface area contributed by atoms with E-state index >= 15 is 0 Å². The fraction of sp³-hybridized carbons (Fsp3) is 0.250. The molecular weight excluding hydrogens is 384 g/mol. The van der Waals surface area contributed by atoms with Gasteiger partial charge in [0.25, 0.3) is 0 Å². The lowest BCUT2D eigenvalue weighted by atomic mass is 10.2. The van der Waals surface area contributed by atoms with Crippen LogP contribution in [0.1, 0.15) is 11.1 Å². The molecule has 0 heterocycles. The number of hydrogen-bond acceptors (Lipinski definition) is 1. The normalized spacial score (nSPS) is 10.6. The second kappa shape index (κ2) is 8.13. The van der Waals surface area contributed by atoms with Crippen LogP contribution in [-0.2, 0) is 12.8 Å². The molecule has 0 spiro atoms. The van der Waals surface area contributed by atoms with Gasteiger partial charge < -0.3 is 0 Å². The van der Waals surface area contributed by atoms with Crippen LogP contribution in [0.25, 0.3) is 0 Å². The summed E-state index contributed by atoms with van der Waals surface area (Å²) in [6.45, 7) is 0. The van der Waals surface area contributed by atoms with Crippen molar-refractivity contribution in [1.82, 2.24) is 0 Å². The maximum absolute atomic E-state index is 3.46. The molecule has 0 unspecified atom stereocenters. The highest BCUT2D eigenvalue weighted by Gasteiger charge is 1.96. The Morgan fingerprint density at radius 1 is 0.632 bits per heavy atom. The van der Waals surface area contributed by atoms with Crippen LogP contribution in [0.4, 0.5) is 0 Å². The van der Waals surface area contributed by atoms with Crippen LogP contribution in [0.15, 0.2) is 57.5 Å². The van der Waals surface area contributed by atoms with E-state index in [0.717, 1.165) is 21.8 Å². The maximum Gasteiger partial charge on any atom is 0.0175 e. The van der Waals surface area contributed by atoms with Gasteiger partial charge in [0.05, 0.1) is 0 Å². The first kappa shape index (κ1) is 15.1. The molecule has 100 valence electrons. The minimum absolute atomic E-state index is 1.15. The molecular formula is C16H16Br2S. The van der Waals surface area contributed by atoms with Crippen molar-refractivity contribution in [1.29, 1.82) is 0 Å². The number of halogens is 2.